The van der Waals surface area contributed by atoms with Gasteiger partial charge in [0.15, 0.2) is 0 Å². The van der Waals surface area contributed by atoms with Crippen molar-refractivity contribution in [3.05, 3.63) is 109 Å². The van der Waals surface area contributed by atoms with Gasteiger partial charge in [0.05, 0.1) is 5.52 Å². The predicted octanol–water partition coefficient (Wildman–Crippen LogP) is 5.95. The van der Waals surface area contributed by atoms with Crippen molar-refractivity contribution in [3.8, 4) is 0 Å². The molecular weight excluding hydrogens is 424 g/mol. The van der Waals surface area contributed by atoms with Crippen LogP contribution >= 0.6 is 0 Å². The zero-order valence-corrected chi connectivity index (χ0v) is 18.2. The smallest absolute Gasteiger partial charge is 0.255 e. The van der Waals surface area contributed by atoms with Gasteiger partial charge in [-0.15, -0.1) is 0 Å². The largest absolute Gasteiger partial charge is 0.399 e. The Balaban J connectivity index is 1.24. The van der Waals surface area contributed by atoms with Crippen molar-refractivity contribution >= 4 is 50.9 Å². The number of hydrogen-bond donors (Lipinski definition) is 4. The second-order valence-electron chi connectivity index (χ2n) is 7.73. The molecule has 0 aliphatic heterocycles. The summed E-state index contributed by atoms with van der Waals surface area (Å²) in [5, 5.41) is 10.6. The Bertz CT molecular complexity index is 1430. The van der Waals surface area contributed by atoms with Gasteiger partial charge in [-0.25, -0.2) is 0 Å². The molecule has 0 spiro atoms. The van der Waals surface area contributed by atoms with Crippen LogP contribution in [0.25, 0.3) is 10.9 Å². The number of benzene rings is 3. The second kappa shape index (κ2) is 9.30. The minimum atomic E-state index is -0.175. The van der Waals surface area contributed by atoms with Gasteiger partial charge in [0, 0.05) is 63.7 Å². The van der Waals surface area contributed by atoms with Crippen LogP contribution in [0.1, 0.15) is 10.4 Å². The number of amides is 1. The molecule has 0 bridgehead atoms. The normalized spacial score (nSPS) is 10.6. The summed E-state index contributed by atoms with van der Waals surface area (Å²) < 4.78 is 0. The van der Waals surface area contributed by atoms with E-state index in [9.17, 15) is 4.79 Å². The van der Waals surface area contributed by atoms with Crippen LogP contribution < -0.4 is 21.7 Å². The SMILES string of the molecule is Nc1ccc2c(Nc3ccc(C(=O)Nc4ccc(Nc5ccncc5)cc4)cc3)ccnc2c1. The lowest BCUT2D eigenvalue weighted by Gasteiger charge is -2.11. The Hall–Kier alpha value is -4.91. The summed E-state index contributed by atoms with van der Waals surface area (Å²) in [5.41, 5.74) is 12.3. The van der Waals surface area contributed by atoms with E-state index in [-0.39, 0.29) is 5.91 Å². The number of hydrogen-bond acceptors (Lipinski definition) is 6. The maximum atomic E-state index is 12.7. The number of rotatable bonds is 6. The Morgan fingerprint density at radius 3 is 2.09 bits per heavy atom. The molecule has 2 aromatic heterocycles. The quantitative estimate of drug-likeness (QED) is 0.240. The molecule has 0 saturated heterocycles. The van der Waals surface area contributed by atoms with Gasteiger partial charge in [0.2, 0.25) is 0 Å². The van der Waals surface area contributed by atoms with Gasteiger partial charge >= 0.3 is 0 Å². The van der Waals surface area contributed by atoms with Crippen LogP contribution in [0.15, 0.2) is 104 Å². The highest BCUT2D eigenvalue weighted by Crippen LogP contribution is 2.27. The number of pyridine rings is 2. The van der Waals surface area contributed by atoms with E-state index in [0.29, 0.717) is 11.3 Å². The van der Waals surface area contributed by atoms with E-state index in [2.05, 4.69) is 25.9 Å². The summed E-state index contributed by atoms with van der Waals surface area (Å²) in [4.78, 5) is 21.1. The third-order valence-electron chi connectivity index (χ3n) is 5.30. The third kappa shape index (κ3) is 4.78. The van der Waals surface area contributed by atoms with E-state index < -0.39 is 0 Å². The summed E-state index contributed by atoms with van der Waals surface area (Å²) in [5.74, 6) is -0.175. The molecule has 5 rings (SSSR count). The van der Waals surface area contributed by atoms with E-state index in [1.807, 2.05) is 72.8 Å². The van der Waals surface area contributed by atoms with Gasteiger partial charge in [0.25, 0.3) is 5.91 Å². The zero-order chi connectivity index (χ0) is 23.3. The predicted molar refractivity (Wildman–Crippen MR) is 138 cm³/mol. The molecule has 3 aromatic carbocycles. The van der Waals surface area contributed by atoms with Crippen molar-refractivity contribution in [1.82, 2.24) is 9.97 Å². The molecule has 0 saturated carbocycles. The molecule has 5 aromatic rings. The number of fused-ring (bicyclic) bond motifs is 1. The van der Waals surface area contributed by atoms with Crippen molar-refractivity contribution in [2.45, 2.75) is 0 Å². The summed E-state index contributed by atoms with van der Waals surface area (Å²) in [6, 6.07) is 26.2. The van der Waals surface area contributed by atoms with Crippen LogP contribution in [0.3, 0.4) is 0 Å². The minimum absolute atomic E-state index is 0.175. The van der Waals surface area contributed by atoms with E-state index in [1.54, 1.807) is 30.7 Å². The Kier molecular flexibility index (Phi) is 5.73. The first kappa shape index (κ1) is 21.0. The number of aromatic nitrogens is 2. The number of anilines is 6. The molecule has 7 nitrogen and oxygen atoms in total. The van der Waals surface area contributed by atoms with Gasteiger partial charge in [0.1, 0.15) is 0 Å². The highest BCUT2D eigenvalue weighted by atomic mass is 16.1. The monoisotopic (exact) mass is 446 g/mol. The molecular formula is C27H22N6O. The molecule has 5 N–H and O–H groups in total. The van der Waals surface area contributed by atoms with E-state index >= 15 is 0 Å². The molecule has 34 heavy (non-hydrogen) atoms. The molecule has 0 unspecified atom stereocenters. The van der Waals surface area contributed by atoms with Crippen LogP contribution in [-0.2, 0) is 0 Å². The first-order chi connectivity index (χ1) is 16.6. The van der Waals surface area contributed by atoms with Gasteiger partial charge < -0.3 is 21.7 Å². The lowest BCUT2D eigenvalue weighted by atomic mass is 10.1. The van der Waals surface area contributed by atoms with E-state index in [1.165, 1.54) is 0 Å². The molecule has 0 aliphatic carbocycles. The van der Waals surface area contributed by atoms with Crippen molar-refractivity contribution in [2.75, 3.05) is 21.7 Å². The van der Waals surface area contributed by atoms with Crippen LogP contribution in [0, 0.1) is 0 Å². The maximum Gasteiger partial charge on any atom is 0.255 e. The average Bonchev–Trinajstić information content (AvgIpc) is 2.86. The summed E-state index contributed by atoms with van der Waals surface area (Å²) in [6.07, 6.45) is 5.20. The number of nitrogens with zero attached hydrogens (tertiary/aromatic N) is 2. The number of nitrogens with one attached hydrogen (secondary N) is 3. The number of carbonyl (C=O) groups excluding carboxylic acids is 1. The van der Waals surface area contributed by atoms with E-state index in [4.69, 9.17) is 5.73 Å². The van der Waals surface area contributed by atoms with Gasteiger partial charge in [-0.3, -0.25) is 14.8 Å². The number of nitrogens with two attached hydrogens (primary N) is 1. The zero-order valence-electron chi connectivity index (χ0n) is 18.2. The number of nitrogen functional groups attached to an aromatic ring is 1. The molecule has 1 amide bonds. The Morgan fingerprint density at radius 1 is 0.676 bits per heavy atom. The summed E-state index contributed by atoms with van der Waals surface area (Å²) in [6.45, 7) is 0. The fourth-order valence-corrected chi connectivity index (χ4v) is 3.58. The standard InChI is InChI=1S/C27H22N6O/c28-19-3-10-24-25(13-16-30-26(24)17-19)32-21-4-1-18(2-5-21)27(34)33-22-8-6-20(7-9-22)31-23-11-14-29-15-12-23/h1-17H,28H2,(H,29,31)(H,30,32)(H,33,34). The molecule has 0 aliphatic rings. The number of carbonyl (C=O) groups is 1. The van der Waals surface area contributed by atoms with Gasteiger partial charge in [-0.05, 0) is 84.9 Å². The maximum absolute atomic E-state index is 12.7. The Morgan fingerprint density at radius 2 is 1.32 bits per heavy atom. The average molecular weight is 447 g/mol. The van der Waals surface area contributed by atoms with Crippen LogP contribution in [0.4, 0.5) is 34.1 Å². The second-order valence-corrected chi connectivity index (χ2v) is 7.73. The van der Waals surface area contributed by atoms with Crippen LogP contribution in [0.5, 0.6) is 0 Å². The molecule has 0 atom stereocenters. The van der Waals surface area contributed by atoms with Gasteiger partial charge in [-0.2, -0.15) is 0 Å². The van der Waals surface area contributed by atoms with Crippen LogP contribution in [-0.4, -0.2) is 15.9 Å². The lowest BCUT2D eigenvalue weighted by molar-refractivity contribution is 0.102. The highest BCUT2D eigenvalue weighted by molar-refractivity contribution is 6.04. The Labute approximate surface area is 196 Å². The summed E-state index contributed by atoms with van der Waals surface area (Å²) >= 11 is 0. The first-order valence-corrected chi connectivity index (χ1v) is 10.7. The first-order valence-electron chi connectivity index (χ1n) is 10.7. The topological polar surface area (TPSA) is 105 Å². The van der Waals surface area contributed by atoms with Crippen molar-refractivity contribution in [2.24, 2.45) is 0 Å². The fourth-order valence-electron chi connectivity index (χ4n) is 3.58. The molecule has 0 fully saturated rings. The highest BCUT2D eigenvalue weighted by Gasteiger charge is 2.08. The lowest BCUT2D eigenvalue weighted by Crippen LogP contribution is -2.11. The molecule has 166 valence electrons. The van der Waals surface area contributed by atoms with Crippen molar-refractivity contribution in [1.29, 1.82) is 0 Å². The third-order valence-corrected chi connectivity index (χ3v) is 5.30. The fraction of sp³-hybridized carbons (Fsp3) is 0. The van der Waals surface area contributed by atoms with Gasteiger partial charge in [-0.1, -0.05) is 0 Å². The molecule has 2 heterocycles. The minimum Gasteiger partial charge on any atom is -0.399 e. The van der Waals surface area contributed by atoms with Crippen molar-refractivity contribution < 1.29 is 4.79 Å². The molecule has 0 radical (unpaired) electrons. The van der Waals surface area contributed by atoms with Crippen molar-refractivity contribution in [3.63, 3.8) is 0 Å². The molecule has 7 heteroatoms. The summed E-state index contributed by atoms with van der Waals surface area (Å²) in [7, 11) is 0. The van der Waals surface area contributed by atoms with Crippen LogP contribution in [0.2, 0.25) is 0 Å². The van der Waals surface area contributed by atoms with E-state index in [0.717, 1.165) is 39.3 Å².